The zero-order valence-electron chi connectivity index (χ0n) is 8.44. The van der Waals surface area contributed by atoms with Crippen LogP contribution >= 0.6 is 0 Å². The van der Waals surface area contributed by atoms with Crippen LogP contribution in [-0.2, 0) is 0 Å². The molecule has 0 spiro atoms. The summed E-state index contributed by atoms with van der Waals surface area (Å²) >= 11 is 0. The first-order chi connectivity index (χ1) is 4.72. The Hall–Kier alpha value is -0.0400. The van der Waals surface area contributed by atoms with E-state index in [0.717, 1.165) is 12.6 Å². The maximum atomic E-state index is 2.35. The Bertz CT molecular complexity index is 44.7. The van der Waals surface area contributed by atoms with Gasteiger partial charge in [-0.25, -0.2) is 0 Å². The lowest BCUT2D eigenvalue weighted by molar-refractivity contribution is 0.265. The summed E-state index contributed by atoms with van der Waals surface area (Å²) in [7, 11) is 2.16. The smallest absolute Gasteiger partial charge is 0.00611 e. The molecule has 0 saturated carbocycles. The summed E-state index contributed by atoms with van der Waals surface area (Å²) in [5, 5.41) is 0. The molecular formula is C9H23N. The fraction of sp³-hybridized carbons (Fsp3) is 1.00. The van der Waals surface area contributed by atoms with Crippen molar-refractivity contribution in [3.05, 3.63) is 0 Å². The van der Waals surface area contributed by atoms with Gasteiger partial charge in [0.15, 0.2) is 0 Å². The molecule has 0 rings (SSSR count). The number of rotatable bonds is 3. The fourth-order valence-electron chi connectivity index (χ4n) is 0.623. The molecule has 0 N–H and O–H groups in total. The van der Waals surface area contributed by atoms with Gasteiger partial charge >= 0.3 is 0 Å². The average Bonchev–Trinajstić information content (AvgIpc) is 2.05. The Kier molecular flexibility index (Phi) is 11.3. The van der Waals surface area contributed by atoms with Crippen molar-refractivity contribution in [3.8, 4) is 0 Å². The molecule has 64 valence electrons. The van der Waals surface area contributed by atoms with Gasteiger partial charge in [0, 0.05) is 6.04 Å². The fourth-order valence-corrected chi connectivity index (χ4v) is 0.623. The number of hydrogen-bond donors (Lipinski definition) is 0. The molecule has 0 aliphatic heterocycles. The van der Waals surface area contributed by atoms with Gasteiger partial charge < -0.3 is 4.90 Å². The third kappa shape index (κ3) is 6.09. The van der Waals surface area contributed by atoms with E-state index in [1.54, 1.807) is 0 Å². The molecule has 0 heterocycles. The molecule has 0 aromatic heterocycles. The van der Waals surface area contributed by atoms with Gasteiger partial charge in [-0.1, -0.05) is 27.7 Å². The maximum Gasteiger partial charge on any atom is 0.00611 e. The Balaban J connectivity index is 0. The van der Waals surface area contributed by atoms with Crippen LogP contribution in [0.1, 0.15) is 41.0 Å². The van der Waals surface area contributed by atoms with Crippen LogP contribution in [0.15, 0.2) is 0 Å². The highest BCUT2D eigenvalue weighted by Crippen LogP contribution is 1.97. The van der Waals surface area contributed by atoms with E-state index >= 15 is 0 Å². The predicted octanol–water partition coefficient (Wildman–Crippen LogP) is 2.76. The van der Waals surface area contributed by atoms with E-state index in [9.17, 15) is 0 Å². The van der Waals surface area contributed by atoms with Gasteiger partial charge in [-0.3, -0.25) is 0 Å². The lowest BCUT2D eigenvalue weighted by Gasteiger charge is -2.20. The van der Waals surface area contributed by atoms with Crippen molar-refractivity contribution in [1.82, 2.24) is 4.90 Å². The van der Waals surface area contributed by atoms with Crippen molar-refractivity contribution in [2.45, 2.75) is 47.1 Å². The standard InChI is InChI=1S/C7H17N.C2H6/c1-5-7(3)8(4)6-2;1-2/h7H,5-6H2,1-4H3;1-2H3/t7-;/m0./s1. The highest BCUT2D eigenvalue weighted by Gasteiger charge is 2.01. The zero-order chi connectivity index (χ0) is 8.57. The summed E-state index contributed by atoms with van der Waals surface area (Å²) < 4.78 is 0. The van der Waals surface area contributed by atoms with Crippen molar-refractivity contribution < 1.29 is 0 Å². The lowest BCUT2D eigenvalue weighted by atomic mass is 10.2. The minimum atomic E-state index is 0.750. The largest absolute Gasteiger partial charge is 0.304 e. The Labute approximate surface area is 66.4 Å². The van der Waals surface area contributed by atoms with Crippen molar-refractivity contribution >= 4 is 0 Å². The Morgan fingerprint density at radius 2 is 1.60 bits per heavy atom. The van der Waals surface area contributed by atoms with Crippen LogP contribution < -0.4 is 0 Å². The van der Waals surface area contributed by atoms with E-state index in [0.29, 0.717) is 0 Å². The summed E-state index contributed by atoms with van der Waals surface area (Å²) in [5.74, 6) is 0. The SMILES string of the molecule is CC.CC[C@H](C)N(C)CC. The van der Waals surface area contributed by atoms with Crippen molar-refractivity contribution in [3.63, 3.8) is 0 Å². The molecule has 0 bridgehead atoms. The summed E-state index contributed by atoms with van der Waals surface area (Å²) in [6.07, 6.45) is 1.25. The van der Waals surface area contributed by atoms with Crippen LogP contribution in [0, 0.1) is 0 Å². The molecule has 0 amide bonds. The van der Waals surface area contributed by atoms with E-state index in [2.05, 4.69) is 32.7 Å². The van der Waals surface area contributed by atoms with Gasteiger partial charge in [-0.2, -0.15) is 0 Å². The van der Waals surface area contributed by atoms with Crippen LogP contribution in [0.3, 0.4) is 0 Å². The van der Waals surface area contributed by atoms with Gasteiger partial charge in [0.1, 0.15) is 0 Å². The first kappa shape index (κ1) is 12.6. The third-order valence-corrected chi connectivity index (χ3v) is 1.84. The second-order valence-corrected chi connectivity index (χ2v) is 2.33. The minimum Gasteiger partial charge on any atom is -0.304 e. The van der Waals surface area contributed by atoms with Gasteiger partial charge in [0.25, 0.3) is 0 Å². The molecule has 0 aromatic rings. The molecular weight excluding hydrogens is 122 g/mol. The Morgan fingerprint density at radius 1 is 1.20 bits per heavy atom. The zero-order valence-corrected chi connectivity index (χ0v) is 8.44. The molecule has 1 heteroatoms. The third-order valence-electron chi connectivity index (χ3n) is 1.84. The van der Waals surface area contributed by atoms with Crippen LogP contribution in [0.5, 0.6) is 0 Å². The van der Waals surface area contributed by atoms with Gasteiger partial charge in [-0.15, -0.1) is 0 Å². The molecule has 0 radical (unpaired) electrons. The minimum absolute atomic E-state index is 0.750. The molecule has 0 fully saturated rings. The monoisotopic (exact) mass is 145 g/mol. The van der Waals surface area contributed by atoms with E-state index in [4.69, 9.17) is 0 Å². The molecule has 0 aliphatic carbocycles. The summed E-state index contributed by atoms with van der Waals surface area (Å²) in [6, 6.07) is 0.750. The molecule has 10 heavy (non-hydrogen) atoms. The molecule has 0 aromatic carbocycles. The first-order valence-corrected chi connectivity index (χ1v) is 4.42. The molecule has 1 atom stereocenters. The summed E-state index contributed by atoms with van der Waals surface area (Å²) in [6.45, 7) is 11.8. The van der Waals surface area contributed by atoms with E-state index < -0.39 is 0 Å². The van der Waals surface area contributed by atoms with Crippen molar-refractivity contribution in [2.24, 2.45) is 0 Å². The molecule has 0 unspecified atom stereocenters. The number of hydrogen-bond acceptors (Lipinski definition) is 1. The second kappa shape index (κ2) is 8.96. The quantitative estimate of drug-likeness (QED) is 0.590. The molecule has 1 nitrogen and oxygen atoms in total. The van der Waals surface area contributed by atoms with Gasteiger partial charge in [0.2, 0.25) is 0 Å². The summed E-state index contributed by atoms with van der Waals surface area (Å²) in [4.78, 5) is 2.35. The maximum absolute atomic E-state index is 2.35. The van der Waals surface area contributed by atoms with Crippen molar-refractivity contribution in [2.75, 3.05) is 13.6 Å². The first-order valence-electron chi connectivity index (χ1n) is 4.42. The van der Waals surface area contributed by atoms with Crippen LogP contribution in [0.2, 0.25) is 0 Å². The molecule has 0 aliphatic rings. The van der Waals surface area contributed by atoms with Crippen LogP contribution in [-0.4, -0.2) is 24.5 Å². The average molecular weight is 145 g/mol. The highest BCUT2D eigenvalue weighted by molar-refractivity contribution is 4.56. The van der Waals surface area contributed by atoms with E-state index in [-0.39, 0.29) is 0 Å². The van der Waals surface area contributed by atoms with Crippen LogP contribution in [0.4, 0.5) is 0 Å². The van der Waals surface area contributed by atoms with E-state index in [1.165, 1.54) is 6.42 Å². The highest BCUT2D eigenvalue weighted by atomic mass is 15.1. The predicted molar refractivity (Wildman–Crippen MR) is 49.4 cm³/mol. The lowest BCUT2D eigenvalue weighted by Crippen LogP contribution is -2.27. The van der Waals surface area contributed by atoms with Crippen molar-refractivity contribution in [1.29, 1.82) is 0 Å². The number of nitrogens with zero attached hydrogens (tertiary/aromatic N) is 1. The Morgan fingerprint density at radius 3 is 1.70 bits per heavy atom. The van der Waals surface area contributed by atoms with Gasteiger partial charge in [-0.05, 0) is 26.9 Å². The topological polar surface area (TPSA) is 3.24 Å². The molecule has 0 saturated heterocycles. The van der Waals surface area contributed by atoms with Gasteiger partial charge in [0.05, 0.1) is 0 Å². The normalized spacial score (nSPS) is 12.3. The second-order valence-electron chi connectivity index (χ2n) is 2.33. The summed E-state index contributed by atoms with van der Waals surface area (Å²) in [5.41, 5.74) is 0. The van der Waals surface area contributed by atoms with E-state index in [1.807, 2.05) is 13.8 Å². The van der Waals surface area contributed by atoms with Crippen LogP contribution in [0.25, 0.3) is 0 Å².